The van der Waals surface area contributed by atoms with Gasteiger partial charge in [-0.2, -0.15) is 0 Å². The van der Waals surface area contributed by atoms with Gasteiger partial charge in [-0.05, 0) is 42.8 Å². The van der Waals surface area contributed by atoms with E-state index in [-0.39, 0.29) is 5.91 Å². The fraction of sp³-hybridized carbons (Fsp3) is 0.263. The average molecular weight is 340 g/mol. The number of hydrogen-bond donors (Lipinski definition) is 1. The predicted molar refractivity (Wildman–Crippen MR) is 94.9 cm³/mol. The maximum atomic E-state index is 12.2. The smallest absolute Gasteiger partial charge is 0.275 e. The highest BCUT2D eigenvalue weighted by atomic mass is 16.5. The van der Waals surface area contributed by atoms with Crippen LogP contribution in [0.15, 0.2) is 45.6 Å². The van der Waals surface area contributed by atoms with Gasteiger partial charge in [0.05, 0.1) is 20.5 Å². The number of amides is 1. The summed E-state index contributed by atoms with van der Waals surface area (Å²) in [6.07, 6.45) is 4.62. The minimum absolute atomic E-state index is 0.226. The number of ether oxygens (including phenoxy) is 2. The number of rotatable bonds is 6. The Kier molecular flexibility index (Phi) is 4.88. The number of furan rings is 1. The van der Waals surface area contributed by atoms with E-state index in [1.807, 2.05) is 31.2 Å². The van der Waals surface area contributed by atoms with Gasteiger partial charge in [-0.15, -0.1) is 0 Å². The summed E-state index contributed by atoms with van der Waals surface area (Å²) in [5, 5.41) is 2.79. The van der Waals surface area contributed by atoms with Crippen molar-refractivity contribution in [1.82, 2.24) is 5.32 Å². The molecule has 6 heteroatoms. The lowest BCUT2D eigenvalue weighted by Crippen LogP contribution is -2.24. The molecule has 2 heterocycles. The Morgan fingerprint density at radius 2 is 2.00 bits per heavy atom. The van der Waals surface area contributed by atoms with Crippen molar-refractivity contribution in [3.63, 3.8) is 0 Å². The van der Waals surface area contributed by atoms with Crippen molar-refractivity contribution >= 4 is 17.8 Å². The topological polar surface area (TPSA) is 73.1 Å². The molecule has 0 fully saturated rings. The van der Waals surface area contributed by atoms with Gasteiger partial charge in [-0.25, -0.2) is 4.99 Å². The summed E-state index contributed by atoms with van der Waals surface area (Å²) in [5.74, 6) is 2.66. The zero-order valence-corrected chi connectivity index (χ0v) is 14.5. The van der Waals surface area contributed by atoms with Crippen LogP contribution >= 0.6 is 0 Å². The molecule has 1 amide bonds. The van der Waals surface area contributed by atoms with E-state index in [0.29, 0.717) is 30.1 Å². The van der Waals surface area contributed by atoms with Crippen LogP contribution < -0.4 is 14.8 Å². The SMILES string of the molecule is COc1cc(/C=C2/N=C(CCc3ccco3)NC2=O)c(OC)cc1C. The third kappa shape index (κ3) is 3.74. The van der Waals surface area contributed by atoms with E-state index in [1.165, 1.54) is 0 Å². The molecule has 0 radical (unpaired) electrons. The van der Waals surface area contributed by atoms with Crippen LogP contribution in [0.25, 0.3) is 6.08 Å². The third-order valence-corrected chi connectivity index (χ3v) is 3.97. The zero-order valence-electron chi connectivity index (χ0n) is 14.5. The second-order valence-electron chi connectivity index (χ2n) is 5.69. The summed E-state index contributed by atoms with van der Waals surface area (Å²) in [5.41, 5.74) is 2.05. The Morgan fingerprint density at radius 1 is 1.20 bits per heavy atom. The predicted octanol–water partition coefficient (Wildman–Crippen LogP) is 3.11. The first-order chi connectivity index (χ1) is 12.1. The Labute approximate surface area is 146 Å². The van der Waals surface area contributed by atoms with Gasteiger partial charge < -0.3 is 19.2 Å². The molecular weight excluding hydrogens is 320 g/mol. The van der Waals surface area contributed by atoms with Crippen LogP contribution in [0.5, 0.6) is 11.5 Å². The van der Waals surface area contributed by atoms with Crippen molar-refractivity contribution in [1.29, 1.82) is 0 Å². The van der Waals surface area contributed by atoms with Crippen LogP contribution in [0.4, 0.5) is 0 Å². The maximum Gasteiger partial charge on any atom is 0.275 e. The minimum atomic E-state index is -0.226. The molecule has 1 N–H and O–H groups in total. The van der Waals surface area contributed by atoms with Crippen molar-refractivity contribution in [2.24, 2.45) is 4.99 Å². The number of carbonyl (C=O) groups excluding carboxylic acids is 1. The number of carbonyl (C=O) groups is 1. The molecule has 1 aliphatic rings. The molecule has 2 aromatic rings. The summed E-state index contributed by atoms with van der Waals surface area (Å²) in [7, 11) is 3.20. The lowest BCUT2D eigenvalue weighted by atomic mass is 10.1. The van der Waals surface area contributed by atoms with E-state index in [2.05, 4.69) is 10.3 Å². The van der Waals surface area contributed by atoms with Gasteiger partial charge in [-0.3, -0.25) is 4.79 Å². The fourth-order valence-corrected chi connectivity index (χ4v) is 2.67. The molecule has 0 spiro atoms. The molecule has 0 saturated carbocycles. The quantitative estimate of drug-likeness (QED) is 0.820. The van der Waals surface area contributed by atoms with E-state index >= 15 is 0 Å². The summed E-state index contributed by atoms with van der Waals surface area (Å²) < 4.78 is 16.0. The van der Waals surface area contributed by atoms with Gasteiger partial charge in [0, 0.05) is 18.4 Å². The standard InChI is InChI=1S/C19H20N2O4/c1-12-9-17(24-3)13(11-16(12)23-2)10-15-19(22)21-18(20-15)7-6-14-5-4-8-25-14/h4-5,8-11H,6-7H2,1-3H3,(H,20,21,22)/b15-10+. The molecule has 0 unspecified atom stereocenters. The largest absolute Gasteiger partial charge is 0.496 e. The Hall–Kier alpha value is -3.02. The summed E-state index contributed by atoms with van der Waals surface area (Å²) >= 11 is 0. The van der Waals surface area contributed by atoms with E-state index < -0.39 is 0 Å². The van der Waals surface area contributed by atoms with Crippen LogP contribution in [0.3, 0.4) is 0 Å². The molecule has 1 aromatic heterocycles. The Balaban J connectivity index is 1.83. The molecule has 6 nitrogen and oxygen atoms in total. The van der Waals surface area contributed by atoms with Crippen molar-refractivity contribution in [3.05, 3.63) is 53.1 Å². The van der Waals surface area contributed by atoms with Gasteiger partial charge in [-0.1, -0.05) is 0 Å². The number of methoxy groups -OCH3 is 2. The lowest BCUT2D eigenvalue weighted by Gasteiger charge is -2.10. The molecule has 130 valence electrons. The maximum absolute atomic E-state index is 12.2. The number of nitrogens with zero attached hydrogens (tertiary/aromatic N) is 1. The van der Waals surface area contributed by atoms with Gasteiger partial charge in [0.25, 0.3) is 5.91 Å². The van der Waals surface area contributed by atoms with Crippen LogP contribution in [0.1, 0.15) is 23.3 Å². The molecule has 1 aromatic carbocycles. The Morgan fingerprint density at radius 3 is 2.68 bits per heavy atom. The minimum Gasteiger partial charge on any atom is -0.496 e. The second kappa shape index (κ2) is 7.25. The first-order valence-electron chi connectivity index (χ1n) is 7.96. The molecule has 25 heavy (non-hydrogen) atoms. The lowest BCUT2D eigenvalue weighted by molar-refractivity contribution is -0.115. The number of amidine groups is 1. The van der Waals surface area contributed by atoms with E-state index in [1.54, 1.807) is 26.6 Å². The van der Waals surface area contributed by atoms with E-state index in [4.69, 9.17) is 13.9 Å². The summed E-state index contributed by atoms with van der Waals surface area (Å²) in [6, 6.07) is 7.45. The van der Waals surface area contributed by atoms with E-state index in [0.717, 1.165) is 22.6 Å². The zero-order chi connectivity index (χ0) is 17.8. The van der Waals surface area contributed by atoms with Crippen LogP contribution in [0, 0.1) is 6.92 Å². The highest BCUT2D eigenvalue weighted by Crippen LogP contribution is 2.30. The Bertz CT molecular complexity index is 835. The first-order valence-corrected chi connectivity index (χ1v) is 7.96. The molecule has 1 aliphatic heterocycles. The number of hydrogen-bond acceptors (Lipinski definition) is 5. The van der Waals surface area contributed by atoms with Gasteiger partial charge in [0.15, 0.2) is 0 Å². The fourth-order valence-electron chi connectivity index (χ4n) is 2.67. The van der Waals surface area contributed by atoms with Gasteiger partial charge in [0.2, 0.25) is 0 Å². The number of benzene rings is 1. The van der Waals surface area contributed by atoms with Crippen molar-refractivity contribution in [2.45, 2.75) is 19.8 Å². The number of aliphatic imine (C=N–C) groups is 1. The van der Waals surface area contributed by atoms with Crippen molar-refractivity contribution in [2.75, 3.05) is 14.2 Å². The average Bonchev–Trinajstić information content (AvgIpc) is 3.24. The molecule has 0 aliphatic carbocycles. The monoisotopic (exact) mass is 340 g/mol. The summed E-state index contributed by atoms with van der Waals surface area (Å²) in [6.45, 7) is 1.94. The highest BCUT2D eigenvalue weighted by Gasteiger charge is 2.21. The third-order valence-electron chi connectivity index (χ3n) is 3.97. The van der Waals surface area contributed by atoms with Crippen LogP contribution in [-0.4, -0.2) is 26.0 Å². The van der Waals surface area contributed by atoms with E-state index in [9.17, 15) is 4.79 Å². The molecule has 0 bridgehead atoms. The van der Waals surface area contributed by atoms with Crippen LogP contribution in [-0.2, 0) is 11.2 Å². The van der Waals surface area contributed by atoms with Crippen LogP contribution in [0.2, 0.25) is 0 Å². The highest BCUT2D eigenvalue weighted by molar-refractivity contribution is 6.14. The van der Waals surface area contributed by atoms with Gasteiger partial charge >= 0.3 is 0 Å². The molecule has 3 rings (SSSR count). The van der Waals surface area contributed by atoms with Crippen molar-refractivity contribution in [3.8, 4) is 11.5 Å². The number of aryl methyl sites for hydroxylation is 2. The van der Waals surface area contributed by atoms with Gasteiger partial charge in [0.1, 0.15) is 28.8 Å². The molecule has 0 saturated heterocycles. The first kappa shape index (κ1) is 16.8. The number of nitrogens with one attached hydrogen (secondary N) is 1. The molecular formula is C19H20N2O4. The molecule has 0 atom stereocenters. The summed E-state index contributed by atoms with van der Waals surface area (Å²) in [4.78, 5) is 16.6. The van der Waals surface area contributed by atoms with Crippen molar-refractivity contribution < 1.29 is 18.7 Å². The second-order valence-corrected chi connectivity index (χ2v) is 5.69. The normalized spacial score (nSPS) is 15.2.